The molecule has 2 aromatic carbocycles. The van der Waals surface area contributed by atoms with Gasteiger partial charge in [0.1, 0.15) is 6.04 Å². The molecule has 12 heteroatoms. The topological polar surface area (TPSA) is 147 Å². The molecule has 1 amide bonds. The molecule has 0 aliphatic heterocycles. The number of rotatable bonds is 11. The monoisotopic (exact) mass is 525 g/mol. The van der Waals surface area contributed by atoms with Crippen molar-refractivity contribution in [1.82, 2.24) is 29.5 Å². The van der Waals surface area contributed by atoms with E-state index in [2.05, 4.69) is 20.8 Å². The summed E-state index contributed by atoms with van der Waals surface area (Å²) in [7, 11) is -3.54. The second kappa shape index (κ2) is 10.8. The van der Waals surface area contributed by atoms with Gasteiger partial charge in [0.15, 0.2) is 5.82 Å². The first-order chi connectivity index (χ1) is 17.5. The van der Waals surface area contributed by atoms with Crippen molar-refractivity contribution in [2.75, 3.05) is 12.9 Å². The number of tetrazole rings is 1. The lowest BCUT2D eigenvalue weighted by Crippen LogP contribution is -2.51. The van der Waals surface area contributed by atoms with Crippen molar-refractivity contribution in [3.8, 4) is 0 Å². The fourth-order valence-corrected chi connectivity index (χ4v) is 5.08. The lowest BCUT2D eigenvalue weighted by Gasteiger charge is -2.24. The molecule has 3 N–H and O–H groups in total. The van der Waals surface area contributed by atoms with Gasteiger partial charge >= 0.3 is 0 Å². The van der Waals surface area contributed by atoms with Crippen molar-refractivity contribution >= 4 is 26.8 Å². The second-order valence-electron chi connectivity index (χ2n) is 9.48. The van der Waals surface area contributed by atoms with Crippen molar-refractivity contribution in [3.63, 3.8) is 0 Å². The van der Waals surface area contributed by atoms with Crippen molar-refractivity contribution in [3.05, 3.63) is 77.7 Å². The number of benzene rings is 2. The molecule has 0 saturated carbocycles. The highest BCUT2D eigenvalue weighted by molar-refractivity contribution is 7.89. The highest BCUT2D eigenvalue weighted by Crippen LogP contribution is 2.23. The quantitative estimate of drug-likeness (QED) is 0.301. The van der Waals surface area contributed by atoms with E-state index in [4.69, 9.17) is 10.5 Å². The molecule has 0 spiro atoms. The van der Waals surface area contributed by atoms with Crippen LogP contribution in [0.3, 0.4) is 0 Å². The maximum Gasteiger partial charge on any atom is 0.240 e. The lowest BCUT2D eigenvalue weighted by molar-refractivity contribution is -0.126. The summed E-state index contributed by atoms with van der Waals surface area (Å²) < 4.78 is 33.9. The summed E-state index contributed by atoms with van der Waals surface area (Å²) in [6.45, 7) is 3.95. The van der Waals surface area contributed by atoms with E-state index in [1.165, 1.54) is 10.2 Å². The van der Waals surface area contributed by atoms with Gasteiger partial charge in [0, 0.05) is 17.5 Å². The first-order valence-corrected chi connectivity index (χ1v) is 13.7. The summed E-state index contributed by atoms with van der Waals surface area (Å²) >= 11 is 0. The number of para-hydroxylation sites is 1. The Balaban J connectivity index is 1.56. The van der Waals surface area contributed by atoms with E-state index in [0.29, 0.717) is 30.1 Å². The highest BCUT2D eigenvalue weighted by atomic mass is 32.2. The number of nitrogens with zero attached hydrogens (tertiary/aromatic N) is 5. The smallest absolute Gasteiger partial charge is 0.240 e. The Bertz CT molecular complexity index is 1470. The van der Waals surface area contributed by atoms with Gasteiger partial charge in [0.25, 0.3) is 0 Å². The highest BCUT2D eigenvalue weighted by Gasteiger charge is 2.28. The van der Waals surface area contributed by atoms with Crippen LogP contribution in [0.1, 0.15) is 37.0 Å². The molecule has 2 aromatic heterocycles. The lowest BCUT2D eigenvalue weighted by atomic mass is 10.1. The number of nitrogens with one attached hydrogen (secondary N) is 1. The van der Waals surface area contributed by atoms with Crippen LogP contribution in [0.4, 0.5) is 0 Å². The third-order valence-corrected chi connectivity index (χ3v) is 6.90. The van der Waals surface area contributed by atoms with Crippen LogP contribution in [-0.2, 0) is 39.1 Å². The molecule has 37 heavy (non-hydrogen) atoms. The second-order valence-corrected chi connectivity index (χ2v) is 11.3. The average Bonchev–Trinajstić information content (AvgIpc) is 3.46. The number of nitrogens with two attached hydrogens (primary N) is 1. The molecule has 0 aliphatic carbocycles. The van der Waals surface area contributed by atoms with E-state index in [-0.39, 0.29) is 19.1 Å². The summed E-state index contributed by atoms with van der Waals surface area (Å²) in [5.74, 6) is 0.000224. The standard InChI is InChI=1S/C25H31N7O4S/c1-25(2,26)24(33)27-21(17-36-16-18-9-5-4-6-10-18)23-28-29-30-31(23)14-13-20-15-19-11-7-8-12-22(19)32(20)37(3,34)35/h4-12,15,21H,13-14,16-17,26H2,1-3H3,(H,27,33)/t21-/m1/s1. The number of carbonyl (C=O) groups excluding carboxylic acids is 1. The summed E-state index contributed by atoms with van der Waals surface area (Å²) in [5, 5.41) is 15.8. The Labute approximate surface area is 215 Å². The number of hydrogen-bond acceptors (Lipinski definition) is 8. The molecule has 196 valence electrons. The van der Waals surface area contributed by atoms with E-state index in [0.717, 1.165) is 10.9 Å². The van der Waals surface area contributed by atoms with Gasteiger partial charge in [0.2, 0.25) is 15.9 Å². The van der Waals surface area contributed by atoms with Gasteiger partial charge < -0.3 is 15.8 Å². The van der Waals surface area contributed by atoms with Gasteiger partial charge in [-0.05, 0) is 42.0 Å². The van der Waals surface area contributed by atoms with E-state index in [1.54, 1.807) is 30.7 Å². The van der Waals surface area contributed by atoms with Crippen LogP contribution >= 0.6 is 0 Å². The van der Waals surface area contributed by atoms with Gasteiger partial charge in [-0.3, -0.25) is 4.79 Å². The molecule has 11 nitrogen and oxygen atoms in total. The number of fused-ring (bicyclic) bond motifs is 1. The summed E-state index contributed by atoms with van der Waals surface area (Å²) in [6, 6.07) is 18.1. The Kier molecular flexibility index (Phi) is 7.71. The minimum Gasteiger partial charge on any atom is -0.374 e. The van der Waals surface area contributed by atoms with Crippen LogP contribution in [0.25, 0.3) is 10.9 Å². The van der Waals surface area contributed by atoms with Crippen LogP contribution in [0.5, 0.6) is 0 Å². The average molecular weight is 526 g/mol. The van der Waals surface area contributed by atoms with Gasteiger partial charge in [-0.2, -0.15) is 0 Å². The summed E-state index contributed by atoms with van der Waals surface area (Å²) in [6.07, 6.45) is 1.52. The minimum absolute atomic E-state index is 0.112. The molecule has 0 aliphatic rings. The minimum atomic E-state index is -3.54. The Morgan fingerprint density at radius 2 is 1.84 bits per heavy atom. The molecule has 0 unspecified atom stereocenters. The van der Waals surface area contributed by atoms with Crippen LogP contribution < -0.4 is 11.1 Å². The van der Waals surface area contributed by atoms with Crippen LogP contribution in [-0.4, -0.2) is 56.9 Å². The van der Waals surface area contributed by atoms with Crippen LogP contribution in [0.15, 0.2) is 60.7 Å². The zero-order valence-electron chi connectivity index (χ0n) is 21.0. The number of ether oxygens (including phenoxy) is 1. The molecule has 0 fully saturated rings. The summed E-state index contributed by atoms with van der Waals surface area (Å²) in [5.41, 5.74) is 7.08. The number of carbonyl (C=O) groups is 1. The van der Waals surface area contributed by atoms with Crippen molar-refractivity contribution in [1.29, 1.82) is 0 Å². The fourth-order valence-electron chi connectivity index (χ4n) is 3.99. The van der Waals surface area contributed by atoms with E-state index in [1.807, 2.05) is 48.5 Å². The van der Waals surface area contributed by atoms with Gasteiger partial charge in [-0.1, -0.05) is 48.5 Å². The van der Waals surface area contributed by atoms with Gasteiger partial charge in [0.05, 0.1) is 37.1 Å². The Morgan fingerprint density at radius 1 is 1.14 bits per heavy atom. The maximum absolute atomic E-state index is 12.7. The predicted molar refractivity (Wildman–Crippen MR) is 139 cm³/mol. The predicted octanol–water partition coefficient (Wildman–Crippen LogP) is 1.79. The van der Waals surface area contributed by atoms with Crippen molar-refractivity contribution in [2.24, 2.45) is 5.73 Å². The largest absolute Gasteiger partial charge is 0.374 e. The molecule has 4 rings (SSSR count). The Hall–Kier alpha value is -3.61. The van der Waals surface area contributed by atoms with E-state index < -0.39 is 21.6 Å². The number of aromatic nitrogens is 5. The zero-order chi connectivity index (χ0) is 26.6. The van der Waals surface area contributed by atoms with Crippen molar-refractivity contribution in [2.45, 2.75) is 45.0 Å². The van der Waals surface area contributed by atoms with Gasteiger partial charge in [-0.15, -0.1) is 5.10 Å². The molecular weight excluding hydrogens is 494 g/mol. The van der Waals surface area contributed by atoms with Crippen LogP contribution in [0, 0.1) is 0 Å². The molecule has 2 heterocycles. The number of amides is 1. The SMILES string of the molecule is CC(C)(N)C(=O)N[C@H](COCc1ccccc1)c1nnnn1CCc1cc2ccccc2n1S(C)(=O)=O. The molecule has 1 atom stereocenters. The number of aryl methyl sites for hydroxylation is 2. The Morgan fingerprint density at radius 3 is 2.54 bits per heavy atom. The van der Waals surface area contributed by atoms with E-state index >= 15 is 0 Å². The first kappa shape index (κ1) is 26.5. The third kappa shape index (κ3) is 6.40. The first-order valence-electron chi connectivity index (χ1n) is 11.8. The fraction of sp³-hybridized carbons (Fsp3) is 0.360. The molecule has 0 saturated heterocycles. The normalized spacial score (nSPS) is 13.1. The maximum atomic E-state index is 12.7. The molecule has 0 radical (unpaired) electrons. The van der Waals surface area contributed by atoms with Crippen LogP contribution in [0.2, 0.25) is 0 Å². The molecule has 0 bridgehead atoms. The van der Waals surface area contributed by atoms with Gasteiger partial charge in [-0.25, -0.2) is 17.1 Å². The van der Waals surface area contributed by atoms with E-state index in [9.17, 15) is 13.2 Å². The number of hydrogen-bond donors (Lipinski definition) is 2. The zero-order valence-corrected chi connectivity index (χ0v) is 21.9. The third-order valence-electron chi connectivity index (χ3n) is 5.81. The summed E-state index contributed by atoms with van der Waals surface area (Å²) in [4.78, 5) is 12.7. The molecular formula is C25H31N7O4S. The molecule has 4 aromatic rings. The van der Waals surface area contributed by atoms with Crippen molar-refractivity contribution < 1.29 is 17.9 Å².